The summed E-state index contributed by atoms with van der Waals surface area (Å²) in [4.78, 5) is 26.5. The fourth-order valence-corrected chi connectivity index (χ4v) is 3.04. The van der Waals surface area contributed by atoms with Crippen LogP contribution in [0.4, 0.5) is 5.69 Å². The van der Waals surface area contributed by atoms with Crippen molar-refractivity contribution in [1.29, 1.82) is 0 Å². The zero-order valence-electron chi connectivity index (χ0n) is 14.2. The molecular weight excluding hydrogens is 302 g/mol. The van der Waals surface area contributed by atoms with E-state index >= 15 is 0 Å². The highest BCUT2D eigenvalue weighted by Crippen LogP contribution is 2.18. The third kappa shape index (κ3) is 2.73. The topological polar surface area (TPSA) is 47.2 Å². The maximum atomic E-state index is 12.7. The van der Waals surface area contributed by atoms with Gasteiger partial charge >= 0.3 is 5.69 Å². The van der Waals surface area contributed by atoms with Crippen molar-refractivity contribution in [3.63, 3.8) is 0 Å². The molecule has 0 saturated heterocycles. The molecule has 5 nitrogen and oxygen atoms in total. The van der Waals surface area contributed by atoms with Crippen LogP contribution in [0.1, 0.15) is 12.5 Å². The predicted octanol–water partition coefficient (Wildman–Crippen LogP) is 2.47. The summed E-state index contributed by atoms with van der Waals surface area (Å²) < 4.78 is 3.22. The lowest BCUT2D eigenvalue weighted by Gasteiger charge is -2.21. The number of amides is 1. The Morgan fingerprint density at radius 2 is 1.67 bits per heavy atom. The molecule has 24 heavy (non-hydrogen) atoms. The van der Waals surface area contributed by atoms with Gasteiger partial charge in [0.15, 0.2) is 0 Å². The third-order valence-electron chi connectivity index (χ3n) is 4.38. The van der Waals surface area contributed by atoms with E-state index in [0.29, 0.717) is 13.0 Å². The molecule has 0 atom stereocenters. The highest BCUT2D eigenvalue weighted by Gasteiger charge is 2.15. The fourth-order valence-electron chi connectivity index (χ4n) is 3.04. The lowest BCUT2D eigenvalue weighted by molar-refractivity contribution is -0.117. The average molecular weight is 323 g/mol. The smallest absolute Gasteiger partial charge is 0.312 e. The number of carbonyl (C=O) groups is 1. The molecule has 0 saturated carbocycles. The molecular formula is C19H21N3O2. The Morgan fingerprint density at radius 1 is 1.00 bits per heavy atom. The summed E-state index contributed by atoms with van der Waals surface area (Å²) in [5, 5.41) is 0. The van der Waals surface area contributed by atoms with Gasteiger partial charge in [0, 0.05) is 26.3 Å². The number of para-hydroxylation sites is 1. The van der Waals surface area contributed by atoms with E-state index in [4.69, 9.17) is 0 Å². The second-order valence-electron chi connectivity index (χ2n) is 5.87. The number of hydrogen-bond acceptors (Lipinski definition) is 2. The number of hydrogen-bond donors (Lipinski definition) is 0. The molecule has 0 bridgehead atoms. The zero-order chi connectivity index (χ0) is 17.3. The molecule has 5 heteroatoms. The number of aromatic nitrogens is 2. The Labute approximate surface area is 140 Å². The van der Waals surface area contributed by atoms with Crippen LogP contribution in [-0.2, 0) is 25.3 Å². The van der Waals surface area contributed by atoms with Crippen molar-refractivity contribution < 1.29 is 4.79 Å². The number of fused-ring (bicyclic) bond motifs is 1. The normalized spacial score (nSPS) is 11.0. The summed E-state index contributed by atoms with van der Waals surface area (Å²) in [6.07, 6.45) is 0.307. The van der Waals surface area contributed by atoms with Gasteiger partial charge in [0.05, 0.1) is 17.5 Å². The van der Waals surface area contributed by atoms with Crippen LogP contribution in [0.25, 0.3) is 11.0 Å². The molecule has 2 aromatic carbocycles. The first kappa shape index (κ1) is 16.1. The number of aryl methyl sites for hydroxylation is 2. The number of rotatable bonds is 4. The van der Waals surface area contributed by atoms with Gasteiger partial charge in [-0.2, -0.15) is 0 Å². The van der Waals surface area contributed by atoms with Crippen LogP contribution in [0.3, 0.4) is 0 Å². The van der Waals surface area contributed by atoms with Crippen LogP contribution in [0.5, 0.6) is 0 Å². The van der Waals surface area contributed by atoms with Gasteiger partial charge in [0.25, 0.3) is 0 Å². The SMILES string of the molecule is CCN(C(=O)Cc1ccc2c(c1)n(C)c(=O)n2C)c1ccccc1. The Morgan fingerprint density at radius 3 is 2.33 bits per heavy atom. The lowest BCUT2D eigenvalue weighted by Crippen LogP contribution is -2.31. The van der Waals surface area contributed by atoms with Crippen molar-refractivity contribution in [2.45, 2.75) is 13.3 Å². The average Bonchev–Trinajstić information content (AvgIpc) is 2.81. The molecule has 1 amide bonds. The van der Waals surface area contributed by atoms with Crippen LogP contribution in [0, 0.1) is 0 Å². The molecule has 1 aromatic heterocycles. The molecule has 124 valence electrons. The van der Waals surface area contributed by atoms with Gasteiger partial charge in [-0.05, 0) is 36.8 Å². The van der Waals surface area contributed by atoms with Gasteiger partial charge in [-0.3, -0.25) is 13.9 Å². The maximum Gasteiger partial charge on any atom is 0.328 e. The zero-order valence-corrected chi connectivity index (χ0v) is 14.2. The standard InChI is InChI=1S/C19H21N3O2/c1-4-22(15-8-6-5-7-9-15)18(23)13-14-10-11-16-17(12-14)21(3)19(24)20(16)2/h5-12H,4,13H2,1-3H3. The first-order chi connectivity index (χ1) is 11.5. The van der Waals surface area contributed by atoms with Gasteiger partial charge in [-0.15, -0.1) is 0 Å². The van der Waals surface area contributed by atoms with Crippen molar-refractivity contribution in [3.05, 3.63) is 64.6 Å². The van der Waals surface area contributed by atoms with E-state index in [0.717, 1.165) is 22.3 Å². The van der Waals surface area contributed by atoms with E-state index < -0.39 is 0 Å². The highest BCUT2D eigenvalue weighted by atomic mass is 16.2. The molecule has 0 N–H and O–H groups in total. The molecule has 0 aliphatic rings. The van der Waals surface area contributed by atoms with Crippen LogP contribution < -0.4 is 10.6 Å². The summed E-state index contributed by atoms with van der Waals surface area (Å²) in [7, 11) is 3.50. The van der Waals surface area contributed by atoms with Gasteiger partial charge in [0.2, 0.25) is 5.91 Å². The number of likely N-dealkylation sites (N-methyl/N-ethyl adjacent to an activating group) is 1. The first-order valence-electron chi connectivity index (χ1n) is 8.02. The first-order valence-corrected chi connectivity index (χ1v) is 8.02. The molecule has 0 spiro atoms. The van der Waals surface area contributed by atoms with Crippen molar-refractivity contribution in [2.75, 3.05) is 11.4 Å². The third-order valence-corrected chi connectivity index (χ3v) is 4.38. The minimum Gasteiger partial charge on any atom is -0.312 e. The monoisotopic (exact) mass is 323 g/mol. The minimum absolute atomic E-state index is 0.0454. The molecule has 0 fully saturated rings. The van der Waals surface area contributed by atoms with Crippen molar-refractivity contribution in [3.8, 4) is 0 Å². The van der Waals surface area contributed by atoms with Gasteiger partial charge in [0.1, 0.15) is 0 Å². The van der Waals surface area contributed by atoms with E-state index in [1.54, 1.807) is 28.1 Å². The summed E-state index contributed by atoms with van der Waals surface area (Å²) >= 11 is 0. The molecule has 1 heterocycles. The highest BCUT2D eigenvalue weighted by molar-refractivity contribution is 5.95. The summed E-state index contributed by atoms with van der Waals surface area (Å²) in [5.74, 6) is 0.0454. The second-order valence-corrected chi connectivity index (χ2v) is 5.87. The van der Waals surface area contributed by atoms with E-state index in [2.05, 4.69) is 0 Å². The number of carbonyl (C=O) groups excluding carboxylic acids is 1. The van der Waals surface area contributed by atoms with Gasteiger partial charge < -0.3 is 4.90 Å². The largest absolute Gasteiger partial charge is 0.328 e. The van der Waals surface area contributed by atoms with Crippen LogP contribution in [0.15, 0.2) is 53.3 Å². The van der Waals surface area contributed by atoms with Gasteiger partial charge in [-0.25, -0.2) is 4.79 Å². The van der Waals surface area contributed by atoms with E-state index in [1.807, 2.05) is 55.5 Å². The predicted molar refractivity (Wildman–Crippen MR) is 96.3 cm³/mol. The number of imidazole rings is 1. The summed E-state index contributed by atoms with van der Waals surface area (Å²) in [6, 6.07) is 15.4. The minimum atomic E-state index is -0.0621. The van der Waals surface area contributed by atoms with Crippen molar-refractivity contribution in [2.24, 2.45) is 14.1 Å². The molecule has 3 aromatic rings. The number of benzene rings is 2. The van der Waals surface area contributed by atoms with E-state index in [1.165, 1.54) is 0 Å². The lowest BCUT2D eigenvalue weighted by atomic mass is 10.1. The maximum absolute atomic E-state index is 12.7. The molecule has 3 rings (SSSR count). The van der Waals surface area contributed by atoms with Crippen LogP contribution in [-0.4, -0.2) is 21.6 Å². The number of nitrogens with zero attached hydrogens (tertiary/aromatic N) is 3. The Hall–Kier alpha value is -2.82. The Bertz CT molecular complexity index is 938. The Kier molecular flexibility index (Phi) is 4.25. The second kappa shape index (κ2) is 6.35. The summed E-state index contributed by atoms with van der Waals surface area (Å²) in [5.41, 5.74) is 3.46. The molecule has 0 radical (unpaired) electrons. The summed E-state index contributed by atoms with van der Waals surface area (Å²) in [6.45, 7) is 2.59. The number of anilines is 1. The quantitative estimate of drug-likeness (QED) is 0.740. The van der Waals surface area contributed by atoms with Gasteiger partial charge in [-0.1, -0.05) is 24.3 Å². The van der Waals surface area contributed by atoms with Crippen LogP contribution in [0.2, 0.25) is 0 Å². The molecule has 0 aliphatic heterocycles. The molecule has 0 aliphatic carbocycles. The van der Waals surface area contributed by atoms with Crippen LogP contribution >= 0.6 is 0 Å². The van der Waals surface area contributed by atoms with E-state index in [9.17, 15) is 9.59 Å². The fraction of sp³-hybridized carbons (Fsp3) is 0.263. The van der Waals surface area contributed by atoms with E-state index in [-0.39, 0.29) is 11.6 Å². The molecule has 0 unspecified atom stereocenters. The van der Waals surface area contributed by atoms with Crippen molar-refractivity contribution >= 4 is 22.6 Å². The van der Waals surface area contributed by atoms with Crippen molar-refractivity contribution in [1.82, 2.24) is 9.13 Å². The Balaban J connectivity index is 1.90.